The van der Waals surface area contributed by atoms with Gasteiger partial charge in [0.1, 0.15) is 11.6 Å². The summed E-state index contributed by atoms with van der Waals surface area (Å²) in [5, 5.41) is 11.1. The molecule has 1 aliphatic rings. The highest BCUT2D eigenvalue weighted by Crippen LogP contribution is 2.40. The zero-order chi connectivity index (χ0) is 28.9. The third-order valence-electron chi connectivity index (χ3n) is 6.75. The zero-order valence-electron chi connectivity index (χ0n) is 23.7. The second-order valence-electron chi connectivity index (χ2n) is 11.8. The van der Waals surface area contributed by atoms with Crippen LogP contribution in [0.1, 0.15) is 83.7 Å². The van der Waals surface area contributed by atoms with Gasteiger partial charge in [-0.05, 0) is 66.1 Å². The number of fused-ring (bicyclic) bond motifs is 1. The number of aromatic hydroxyl groups is 1. The summed E-state index contributed by atoms with van der Waals surface area (Å²) < 4.78 is 21.0. The van der Waals surface area contributed by atoms with Crippen LogP contribution in [0.3, 0.4) is 0 Å². The number of hydrogen-bond acceptors (Lipinski definition) is 6. The third-order valence-corrected chi connectivity index (χ3v) is 7.73. The normalized spacial score (nSPS) is 16.2. The average molecular weight is 551 g/mol. The lowest BCUT2D eigenvalue weighted by atomic mass is 9.78. The molecule has 3 aromatic rings. The smallest absolute Gasteiger partial charge is 0.338 e. The first kappa shape index (κ1) is 28.5. The van der Waals surface area contributed by atoms with Crippen LogP contribution < -0.4 is 14.9 Å². The van der Waals surface area contributed by atoms with Crippen molar-refractivity contribution in [2.45, 2.75) is 72.3 Å². The molecule has 39 heavy (non-hydrogen) atoms. The fraction of sp³-hybridized carbons (Fsp3) is 0.387. The van der Waals surface area contributed by atoms with Gasteiger partial charge in [-0.1, -0.05) is 65.0 Å². The highest BCUT2D eigenvalue weighted by molar-refractivity contribution is 7.07. The number of benzene rings is 2. The molecule has 1 atom stereocenters. The Bertz CT molecular complexity index is 1610. The van der Waals surface area contributed by atoms with Crippen LogP contribution in [0.5, 0.6) is 5.75 Å². The maximum Gasteiger partial charge on any atom is 0.338 e. The highest BCUT2D eigenvalue weighted by Gasteiger charge is 2.33. The molecule has 1 aliphatic heterocycles. The number of phenolic OH excluding ortho intramolecular Hbond substituents is 1. The summed E-state index contributed by atoms with van der Waals surface area (Å²) >= 11 is 1.23. The van der Waals surface area contributed by atoms with Gasteiger partial charge in [0.2, 0.25) is 0 Å². The lowest BCUT2D eigenvalue weighted by Gasteiger charge is -2.27. The van der Waals surface area contributed by atoms with E-state index in [-0.39, 0.29) is 34.3 Å². The minimum atomic E-state index is -0.807. The van der Waals surface area contributed by atoms with Gasteiger partial charge in [-0.3, -0.25) is 9.36 Å². The van der Waals surface area contributed by atoms with Gasteiger partial charge in [0.05, 0.1) is 28.5 Å². The number of esters is 1. The van der Waals surface area contributed by atoms with Gasteiger partial charge in [0, 0.05) is 11.1 Å². The maximum absolute atomic E-state index is 13.9. The van der Waals surface area contributed by atoms with Crippen LogP contribution in [0.25, 0.3) is 6.08 Å². The van der Waals surface area contributed by atoms with Gasteiger partial charge >= 0.3 is 5.97 Å². The van der Waals surface area contributed by atoms with E-state index in [4.69, 9.17) is 4.74 Å². The third kappa shape index (κ3) is 5.48. The fourth-order valence-corrected chi connectivity index (χ4v) is 5.83. The van der Waals surface area contributed by atoms with Crippen LogP contribution in [-0.4, -0.2) is 22.2 Å². The van der Waals surface area contributed by atoms with Gasteiger partial charge in [-0.2, -0.15) is 0 Å². The average Bonchev–Trinajstić information content (AvgIpc) is 3.12. The van der Waals surface area contributed by atoms with E-state index in [0.29, 0.717) is 20.6 Å². The molecule has 2 aromatic carbocycles. The number of nitrogens with zero attached hydrogens (tertiary/aromatic N) is 2. The summed E-state index contributed by atoms with van der Waals surface area (Å²) in [5.41, 5.74) is 2.68. The monoisotopic (exact) mass is 550 g/mol. The summed E-state index contributed by atoms with van der Waals surface area (Å²) in [4.78, 5) is 32.0. The van der Waals surface area contributed by atoms with E-state index in [9.17, 15) is 19.1 Å². The molecule has 8 heteroatoms. The minimum Gasteiger partial charge on any atom is -0.507 e. The van der Waals surface area contributed by atoms with Crippen molar-refractivity contribution in [3.63, 3.8) is 0 Å². The first-order chi connectivity index (χ1) is 18.1. The summed E-state index contributed by atoms with van der Waals surface area (Å²) in [5.74, 6) is -0.716. The molecule has 0 radical (unpaired) electrons. The number of rotatable bonds is 4. The van der Waals surface area contributed by atoms with Gasteiger partial charge in [0.25, 0.3) is 5.56 Å². The van der Waals surface area contributed by atoms with E-state index in [2.05, 4.69) is 4.99 Å². The largest absolute Gasteiger partial charge is 0.507 e. The second kappa shape index (κ2) is 10.2. The molecular weight excluding hydrogens is 515 g/mol. The number of phenols is 1. The molecule has 2 heterocycles. The molecule has 206 valence electrons. The Hall–Kier alpha value is -3.52. The number of aromatic nitrogens is 1. The zero-order valence-corrected chi connectivity index (χ0v) is 24.5. The Labute approximate surface area is 231 Å². The number of ether oxygens (including phenoxy) is 1. The fourth-order valence-electron chi connectivity index (χ4n) is 4.79. The topological polar surface area (TPSA) is 80.9 Å². The van der Waals surface area contributed by atoms with Crippen molar-refractivity contribution in [1.29, 1.82) is 0 Å². The van der Waals surface area contributed by atoms with Crippen molar-refractivity contribution in [2.24, 2.45) is 4.99 Å². The van der Waals surface area contributed by atoms with Gasteiger partial charge in [-0.25, -0.2) is 14.2 Å². The summed E-state index contributed by atoms with van der Waals surface area (Å²) in [6.07, 6.45) is 1.80. The van der Waals surface area contributed by atoms with Gasteiger partial charge in [-0.15, -0.1) is 0 Å². The first-order valence-electron chi connectivity index (χ1n) is 13.0. The van der Waals surface area contributed by atoms with E-state index < -0.39 is 17.8 Å². The standard InChI is InChI=1S/C31H35FN2O4S/c1-9-38-28(37)24-17(2)33-29-34(25(24)19-10-12-20(32)13-11-19)27(36)23(39-29)16-18-14-21(30(3,4)5)26(35)22(15-18)31(6,7)8/h10-16,25,35H,9H2,1-8H3/t25-/m1/s1. The molecule has 0 saturated carbocycles. The molecule has 6 nitrogen and oxygen atoms in total. The van der Waals surface area contributed by atoms with E-state index in [1.54, 1.807) is 32.1 Å². The quantitative estimate of drug-likeness (QED) is 0.451. The molecule has 0 bridgehead atoms. The predicted molar refractivity (Wildman–Crippen MR) is 152 cm³/mol. The van der Waals surface area contributed by atoms with Gasteiger partial charge in [0.15, 0.2) is 4.80 Å². The second-order valence-corrected chi connectivity index (χ2v) is 12.8. The Morgan fingerprint density at radius 1 is 1.10 bits per heavy atom. The van der Waals surface area contributed by atoms with Crippen LogP contribution in [0.15, 0.2) is 57.5 Å². The van der Waals surface area contributed by atoms with E-state index >= 15 is 0 Å². The molecule has 1 aromatic heterocycles. The lowest BCUT2D eigenvalue weighted by Crippen LogP contribution is -2.39. The molecule has 0 fully saturated rings. The van der Waals surface area contributed by atoms with Crippen LogP contribution in [-0.2, 0) is 20.4 Å². The Morgan fingerprint density at radius 2 is 1.67 bits per heavy atom. The number of halogens is 1. The number of thiazole rings is 1. The van der Waals surface area contributed by atoms with E-state index in [1.165, 1.54) is 28.0 Å². The molecule has 0 aliphatic carbocycles. The van der Waals surface area contributed by atoms with Crippen molar-refractivity contribution in [3.8, 4) is 5.75 Å². The van der Waals surface area contributed by atoms with Crippen molar-refractivity contribution in [3.05, 3.63) is 95.4 Å². The summed E-state index contributed by atoms with van der Waals surface area (Å²) in [6.45, 7) is 15.8. The van der Waals surface area contributed by atoms with Crippen molar-refractivity contribution < 1.29 is 19.0 Å². The van der Waals surface area contributed by atoms with E-state index in [0.717, 1.165) is 16.7 Å². The molecule has 4 rings (SSSR count). The Morgan fingerprint density at radius 3 is 2.18 bits per heavy atom. The summed E-state index contributed by atoms with van der Waals surface area (Å²) in [6, 6.07) is 8.77. The van der Waals surface area contributed by atoms with Gasteiger partial charge < -0.3 is 9.84 Å². The van der Waals surface area contributed by atoms with Crippen molar-refractivity contribution >= 4 is 23.4 Å². The predicted octanol–water partition coefficient (Wildman–Crippen LogP) is 5.24. The first-order valence-corrected chi connectivity index (χ1v) is 13.8. The van der Waals surface area contributed by atoms with Crippen molar-refractivity contribution in [2.75, 3.05) is 6.61 Å². The maximum atomic E-state index is 13.9. The Balaban J connectivity index is 1.99. The minimum absolute atomic E-state index is 0.170. The molecule has 0 unspecified atom stereocenters. The molecule has 0 saturated heterocycles. The van der Waals surface area contributed by atoms with E-state index in [1.807, 2.05) is 53.7 Å². The number of allylic oxidation sites excluding steroid dienone is 1. The molecule has 0 spiro atoms. The number of carbonyl (C=O) groups excluding carboxylic acids is 1. The highest BCUT2D eigenvalue weighted by atomic mass is 32.1. The van der Waals surface area contributed by atoms with Crippen LogP contribution in [0.2, 0.25) is 0 Å². The van der Waals surface area contributed by atoms with Crippen LogP contribution >= 0.6 is 11.3 Å². The lowest BCUT2D eigenvalue weighted by molar-refractivity contribution is -0.139. The summed E-state index contributed by atoms with van der Waals surface area (Å²) in [7, 11) is 0. The molecule has 1 N–H and O–H groups in total. The number of carbonyl (C=O) groups is 1. The van der Waals surface area contributed by atoms with Crippen LogP contribution in [0, 0.1) is 5.82 Å². The Kier molecular flexibility index (Phi) is 7.47. The molecular formula is C31H35FN2O4S. The van der Waals surface area contributed by atoms with Crippen molar-refractivity contribution in [1.82, 2.24) is 4.57 Å². The number of hydrogen-bond donors (Lipinski definition) is 1. The van der Waals surface area contributed by atoms with Crippen LogP contribution in [0.4, 0.5) is 4.39 Å². The molecule has 0 amide bonds. The SMILES string of the molecule is CCOC(=O)C1=C(C)N=c2sc(=Cc3cc(C(C)(C)C)c(O)c(C(C)(C)C)c3)c(=O)n2[C@@H]1c1ccc(F)cc1.